The zero-order valence-electron chi connectivity index (χ0n) is 10.8. The zero-order valence-corrected chi connectivity index (χ0v) is 12.4. The molecule has 0 atom stereocenters. The van der Waals surface area contributed by atoms with Gasteiger partial charge in [0.1, 0.15) is 10.6 Å². The van der Waals surface area contributed by atoms with E-state index in [4.69, 9.17) is 22.5 Å². The highest BCUT2D eigenvalue weighted by molar-refractivity contribution is 7.89. The Hall–Kier alpha value is -0.990. The van der Waals surface area contributed by atoms with Crippen LogP contribution in [0.15, 0.2) is 9.42 Å². The van der Waals surface area contributed by atoms with E-state index in [2.05, 4.69) is 9.88 Å². The fourth-order valence-corrected chi connectivity index (χ4v) is 2.90. The third kappa shape index (κ3) is 3.06. The summed E-state index contributed by atoms with van der Waals surface area (Å²) in [5.74, 6) is 0.258. The summed E-state index contributed by atoms with van der Waals surface area (Å²) in [4.78, 5) is 0.324. The van der Waals surface area contributed by atoms with Crippen molar-refractivity contribution >= 4 is 27.2 Å². The average Bonchev–Trinajstić information content (AvgIpc) is 2.56. The van der Waals surface area contributed by atoms with Crippen LogP contribution in [-0.4, -0.2) is 25.1 Å². The molecule has 0 saturated carbocycles. The highest BCUT2D eigenvalue weighted by Gasteiger charge is 2.28. The fraction of sp³-hybridized carbons (Fsp3) is 0.600. The van der Waals surface area contributed by atoms with Gasteiger partial charge in [-0.2, -0.15) is 0 Å². The minimum absolute atomic E-state index is 0.0706. The molecule has 0 aliphatic carbocycles. The van der Waals surface area contributed by atoms with Crippen molar-refractivity contribution in [1.82, 2.24) is 9.88 Å². The van der Waals surface area contributed by atoms with E-state index >= 15 is 0 Å². The van der Waals surface area contributed by atoms with Gasteiger partial charge in [0.05, 0.1) is 4.99 Å². The summed E-state index contributed by atoms with van der Waals surface area (Å²) in [5, 5.41) is 3.62. The fourth-order valence-electron chi connectivity index (χ4n) is 1.29. The van der Waals surface area contributed by atoms with Crippen molar-refractivity contribution in [1.29, 1.82) is 0 Å². The third-order valence-electron chi connectivity index (χ3n) is 2.61. The number of nitrogens with one attached hydrogen (secondary N) is 1. The summed E-state index contributed by atoms with van der Waals surface area (Å²) >= 11 is 4.88. The van der Waals surface area contributed by atoms with Gasteiger partial charge in [0, 0.05) is 12.0 Å². The Kier molecular flexibility index (Phi) is 4.14. The van der Waals surface area contributed by atoms with E-state index in [1.807, 2.05) is 0 Å². The highest BCUT2D eigenvalue weighted by Crippen LogP contribution is 2.20. The lowest BCUT2D eigenvalue weighted by Crippen LogP contribution is -2.41. The van der Waals surface area contributed by atoms with Crippen LogP contribution < -0.4 is 10.5 Å². The van der Waals surface area contributed by atoms with Crippen molar-refractivity contribution in [3.8, 4) is 0 Å². The van der Waals surface area contributed by atoms with Gasteiger partial charge in [-0.15, -0.1) is 0 Å². The molecule has 0 radical (unpaired) electrons. The van der Waals surface area contributed by atoms with E-state index in [0.29, 0.717) is 5.69 Å². The Morgan fingerprint density at radius 2 is 2.06 bits per heavy atom. The molecule has 0 aliphatic heterocycles. The minimum Gasteiger partial charge on any atom is -0.393 e. The molecule has 0 aliphatic rings. The molecule has 1 rings (SSSR count). The van der Waals surface area contributed by atoms with Gasteiger partial charge >= 0.3 is 0 Å². The van der Waals surface area contributed by atoms with Crippen LogP contribution >= 0.6 is 12.2 Å². The summed E-state index contributed by atoms with van der Waals surface area (Å²) in [5.41, 5.74) is 5.27. The number of hydrogen-bond acceptors (Lipinski definition) is 5. The topological polar surface area (TPSA) is 98.2 Å². The first-order valence-corrected chi connectivity index (χ1v) is 7.19. The van der Waals surface area contributed by atoms with Crippen LogP contribution in [-0.2, 0) is 10.0 Å². The first-order valence-electron chi connectivity index (χ1n) is 5.30. The normalized spacial score (nSPS) is 12.7. The van der Waals surface area contributed by atoms with E-state index in [-0.39, 0.29) is 22.2 Å². The van der Waals surface area contributed by atoms with Crippen LogP contribution in [0.5, 0.6) is 0 Å². The van der Waals surface area contributed by atoms with Crippen LogP contribution in [0.25, 0.3) is 0 Å². The number of sulfonamides is 1. The number of hydrogen-bond donors (Lipinski definition) is 2. The lowest BCUT2D eigenvalue weighted by Gasteiger charge is -2.23. The molecular formula is C10H17N3O3S2. The number of nitrogens with zero attached hydrogens (tertiary/aromatic N) is 1. The maximum atomic E-state index is 12.1. The number of nitrogens with two attached hydrogens (primary N) is 1. The Morgan fingerprint density at radius 1 is 1.50 bits per heavy atom. The molecule has 1 aromatic rings. The van der Waals surface area contributed by atoms with Gasteiger partial charge in [0.2, 0.25) is 10.0 Å². The molecule has 0 saturated heterocycles. The van der Waals surface area contributed by atoms with Gasteiger partial charge < -0.3 is 10.3 Å². The van der Waals surface area contributed by atoms with E-state index in [1.54, 1.807) is 27.7 Å². The summed E-state index contributed by atoms with van der Waals surface area (Å²) in [6.07, 6.45) is 0. The zero-order chi connectivity index (χ0) is 14.1. The Balaban J connectivity index is 2.95. The predicted molar refractivity (Wildman–Crippen MR) is 71.7 cm³/mol. The van der Waals surface area contributed by atoms with Gasteiger partial charge in [-0.1, -0.05) is 31.2 Å². The largest absolute Gasteiger partial charge is 0.393 e. The second-order valence-electron chi connectivity index (χ2n) is 4.73. The van der Waals surface area contributed by atoms with E-state index in [0.717, 1.165) is 0 Å². The average molecular weight is 291 g/mol. The monoisotopic (exact) mass is 291 g/mol. The highest BCUT2D eigenvalue weighted by atomic mass is 32.2. The van der Waals surface area contributed by atoms with Crippen molar-refractivity contribution in [3.63, 3.8) is 0 Å². The second kappa shape index (κ2) is 4.94. The lowest BCUT2D eigenvalue weighted by molar-refractivity contribution is 0.390. The van der Waals surface area contributed by atoms with E-state index in [9.17, 15) is 8.42 Å². The quantitative estimate of drug-likeness (QED) is 0.782. The molecule has 0 spiro atoms. The second-order valence-corrected chi connectivity index (χ2v) is 6.87. The van der Waals surface area contributed by atoms with Crippen LogP contribution in [0.4, 0.5) is 0 Å². The molecule has 0 aromatic carbocycles. The van der Waals surface area contributed by atoms with Gasteiger partial charge in [0.15, 0.2) is 5.76 Å². The standard InChI is InChI=1S/C10H17N3O3S2/c1-6-8(7(2)16-13-6)18(14,15)12-5-10(3,4)9(11)17/h12H,5H2,1-4H3,(H2,11,17). The van der Waals surface area contributed by atoms with Crippen LogP contribution in [0.2, 0.25) is 0 Å². The van der Waals surface area contributed by atoms with Gasteiger partial charge in [-0.05, 0) is 13.8 Å². The van der Waals surface area contributed by atoms with Crippen molar-refractivity contribution in [3.05, 3.63) is 11.5 Å². The number of rotatable bonds is 5. The molecule has 0 fully saturated rings. The minimum atomic E-state index is -3.67. The van der Waals surface area contributed by atoms with Crippen LogP contribution in [0.3, 0.4) is 0 Å². The molecule has 6 nitrogen and oxygen atoms in total. The van der Waals surface area contributed by atoms with Gasteiger partial charge in [-0.3, -0.25) is 0 Å². The number of aryl methyl sites for hydroxylation is 2. The number of thiocarbonyl (C=S) groups is 1. The molecule has 18 heavy (non-hydrogen) atoms. The molecule has 0 unspecified atom stereocenters. The molecule has 1 aromatic heterocycles. The SMILES string of the molecule is Cc1noc(C)c1S(=O)(=O)NCC(C)(C)C(N)=S. The van der Waals surface area contributed by atoms with Gasteiger partial charge in [-0.25, -0.2) is 13.1 Å². The Morgan fingerprint density at radius 3 is 2.44 bits per heavy atom. The maximum absolute atomic E-state index is 12.1. The maximum Gasteiger partial charge on any atom is 0.245 e. The van der Waals surface area contributed by atoms with E-state index in [1.165, 1.54) is 0 Å². The summed E-state index contributed by atoms with van der Waals surface area (Å²) < 4.78 is 31.5. The summed E-state index contributed by atoms with van der Waals surface area (Å²) in [7, 11) is -3.67. The number of aromatic nitrogens is 1. The first-order chi connectivity index (χ1) is 8.08. The third-order valence-corrected chi connectivity index (χ3v) is 4.81. The Bertz CT molecular complexity index is 541. The van der Waals surface area contributed by atoms with Crippen molar-refractivity contribution < 1.29 is 12.9 Å². The van der Waals surface area contributed by atoms with Crippen molar-refractivity contribution in [2.24, 2.45) is 11.1 Å². The molecule has 102 valence electrons. The summed E-state index contributed by atoms with van der Waals surface area (Å²) in [6, 6.07) is 0. The van der Waals surface area contributed by atoms with E-state index < -0.39 is 15.4 Å². The molecule has 8 heteroatoms. The lowest BCUT2D eigenvalue weighted by atomic mass is 9.94. The Labute approximate surface area is 112 Å². The first kappa shape index (κ1) is 15.1. The smallest absolute Gasteiger partial charge is 0.245 e. The molecule has 1 heterocycles. The summed E-state index contributed by atoms with van der Waals surface area (Å²) in [6.45, 7) is 6.78. The molecular weight excluding hydrogens is 274 g/mol. The van der Waals surface area contributed by atoms with Crippen LogP contribution in [0.1, 0.15) is 25.3 Å². The molecule has 3 N–H and O–H groups in total. The predicted octanol–water partition coefficient (Wildman–Crippen LogP) is 0.882. The van der Waals surface area contributed by atoms with Crippen molar-refractivity contribution in [2.45, 2.75) is 32.6 Å². The molecule has 0 bridgehead atoms. The molecule has 0 amide bonds. The van der Waals surface area contributed by atoms with Crippen molar-refractivity contribution in [2.75, 3.05) is 6.54 Å². The van der Waals surface area contributed by atoms with Gasteiger partial charge in [0.25, 0.3) is 0 Å². The van der Waals surface area contributed by atoms with Crippen LogP contribution in [0, 0.1) is 19.3 Å².